The van der Waals surface area contributed by atoms with E-state index in [1.54, 1.807) is 21.9 Å². The van der Waals surface area contributed by atoms with Crippen LogP contribution in [0.25, 0.3) is 0 Å². The average molecular weight is 382 g/mol. The van der Waals surface area contributed by atoms with E-state index >= 15 is 0 Å². The molecular weight excluding hydrogens is 360 g/mol. The molecule has 0 atom stereocenters. The number of benzene rings is 1. The van der Waals surface area contributed by atoms with Crippen LogP contribution in [0.2, 0.25) is 0 Å². The number of amides is 3. The minimum Gasteiger partial charge on any atom is -0.495 e. The Bertz CT molecular complexity index is 892. The van der Waals surface area contributed by atoms with Gasteiger partial charge in [-0.3, -0.25) is 19.4 Å². The predicted octanol–water partition coefficient (Wildman–Crippen LogP) is 1.57. The van der Waals surface area contributed by atoms with E-state index in [0.29, 0.717) is 43.2 Å². The van der Waals surface area contributed by atoms with Crippen molar-refractivity contribution in [3.05, 3.63) is 53.3 Å². The molecule has 1 aliphatic rings. The van der Waals surface area contributed by atoms with Crippen molar-refractivity contribution in [1.82, 2.24) is 14.8 Å². The Labute approximate surface area is 163 Å². The van der Waals surface area contributed by atoms with E-state index in [0.717, 1.165) is 12.0 Å². The van der Waals surface area contributed by atoms with E-state index in [1.807, 2.05) is 19.1 Å². The second-order valence-corrected chi connectivity index (χ2v) is 6.52. The monoisotopic (exact) mass is 382 g/mol. The highest BCUT2D eigenvalue weighted by Gasteiger charge is 2.23. The number of aryl methyl sites for hydroxylation is 1. The molecule has 0 aliphatic carbocycles. The zero-order chi connectivity index (χ0) is 20.1. The van der Waals surface area contributed by atoms with Gasteiger partial charge in [0.2, 0.25) is 6.41 Å². The summed E-state index contributed by atoms with van der Waals surface area (Å²) in [6, 6.07) is 8.52. The lowest BCUT2D eigenvalue weighted by Gasteiger charge is -2.32. The topological polar surface area (TPSA) is 91.8 Å². The first-order chi connectivity index (χ1) is 13.5. The van der Waals surface area contributed by atoms with Gasteiger partial charge in [0.05, 0.1) is 12.8 Å². The summed E-state index contributed by atoms with van der Waals surface area (Å²) in [7, 11) is 1.54. The molecule has 28 heavy (non-hydrogen) atoms. The van der Waals surface area contributed by atoms with Crippen LogP contribution in [-0.4, -0.2) is 66.3 Å². The number of rotatable bonds is 5. The lowest BCUT2D eigenvalue weighted by molar-refractivity contribution is -0.119. The number of anilines is 1. The number of hydrogen-bond acceptors (Lipinski definition) is 5. The largest absolute Gasteiger partial charge is 0.495 e. The summed E-state index contributed by atoms with van der Waals surface area (Å²) >= 11 is 0. The van der Waals surface area contributed by atoms with E-state index in [4.69, 9.17) is 4.74 Å². The fraction of sp³-hybridized carbons (Fsp3) is 0.300. The molecule has 3 rings (SSSR count). The third-order valence-corrected chi connectivity index (χ3v) is 4.59. The normalized spacial score (nSPS) is 13.8. The number of nitrogens with zero attached hydrogens (tertiary/aromatic N) is 3. The first-order valence-corrected chi connectivity index (χ1v) is 8.92. The number of nitrogens with one attached hydrogen (secondary N) is 1. The molecular formula is C20H22N4O4. The highest BCUT2D eigenvalue weighted by atomic mass is 16.5. The van der Waals surface area contributed by atoms with E-state index < -0.39 is 0 Å². The van der Waals surface area contributed by atoms with Crippen molar-refractivity contribution in [2.24, 2.45) is 0 Å². The number of carbonyl (C=O) groups is 3. The van der Waals surface area contributed by atoms with Gasteiger partial charge in [0.1, 0.15) is 11.4 Å². The van der Waals surface area contributed by atoms with Crippen molar-refractivity contribution in [2.75, 3.05) is 38.6 Å². The molecule has 1 aromatic heterocycles. The van der Waals surface area contributed by atoms with Crippen LogP contribution >= 0.6 is 0 Å². The third-order valence-electron chi connectivity index (χ3n) is 4.59. The Morgan fingerprint density at radius 2 is 1.89 bits per heavy atom. The maximum Gasteiger partial charge on any atom is 0.272 e. The minimum atomic E-state index is -0.355. The number of ether oxygens (including phenoxy) is 1. The number of methoxy groups -OCH3 is 1. The smallest absolute Gasteiger partial charge is 0.272 e. The second kappa shape index (κ2) is 8.51. The van der Waals surface area contributed by atoms with Gasteiger partial charge in [0, 0.05) is 37.9 Å². The molecule has 1 saturated heterocycles. The first-order valence-electron chi connectivity index (χ1n) is 8.92. The zero-order valence-electron chi connectivity index (χ0n) is 15.8. The van der Waals surface area contributed by atoms with E-state index in [-0.39, 0.29) is 17.5 Å². The van der Waals surface area contributed by atoms with Gasteiger partial charge >= 0.3 is 0 Å². The summed E-state index contributed by atoms with van der Waals surface area (Å²) in [6.07, 6.45) is 2.22. The summed E-state index contributed by atoms with van der Waals surface area (Å²) in [5.41, 5.74) is 2.06. The van der Waals surface area contributed by atoms with Crippen LogP contribution in [0.4, 0.5) is 5.69 Å². The number of carbonyl (C=O) groups excluding carboxylic acids is 3. The van der Waals surface area contributed by atoms with Crippen molar-refractivity contribution in [2.45, 2.75) is 6.92 Å². The molecule has 0 spiro atoms. The molecule has 1 fully saturated rings. The Hall–Kier alpha value is -3.42. The van der Waals surface area contributed by atoms with Crippen molar-refractivity contribution in [3.8, 4) is 5.75 Å². The Balaban J connectivity index is 1.74. The fourth-order valence-electron chi connectivity index (χ4n) is 3.00. The van der Waals surface area contributed by atoms with Crippen LogP contribution in [0, 0.1) is 6.92 Å². The van der Waals surface area contributed by atoms with Gasteiger partial charge in [-0.2, -0.15) is 0 Å². The highest BCUT2D eigenvalue weighted by molar-refractivity contribution is 6.06. The molecule has 1 aromatic carbocycles. The zero-order valence-corrected chi connectivity index (χ0v) is 15.8. The molecule has 0 radical (unpaired) electrons. The molecule has 8 heteroatoms. The van der Waals surface area contributed by atoms with Crippen molar-refractivity contribution >= 4 is 23.9 Å². The average Bonchev–Trinajstić information content (AvgIpc) is 2.73. The molecule has 146 valence electrons. The van der Waals surface area contributed by atoms with Gasteiger partial charge in [-0.25, -0.2) is 0 Å². The lowest BCUT2D eigenvalue weighted by atomic mass is 10.1. The molecule has 0 saturated carbocycles. The third kappa shape index (κ3) is 4.28. The summed E-state index contributed by atoms with van der Waals surface area (Å²) in [4.78, 5) is 43.5. The molecule has 1 N–H and O–H groups in total. The number of hydrogen-bond donors (Lipinski definition) is 1. The second-order valence-electron chi connectivity index (χ2n) is 6.52. The van der Waals surface area contributed by atoms with E-state index in [1.165, 1.54) is 19.4 Å². The molecule has 2 heterocycles. The molecule has 0 unspecified atom stereocenters. The Kier molecular flexibility index (Phi) is 5.88. The van der Waals surface area contributed by atoms with Gasteiger partial charge < -0.3 is 19.9 Å². The van der Waals surface area contributed by atoms with Crippen LogP contribution in [-0.2, 0) is 4.79 Å². The maximum atomic E-state index is 12.7. The molecule has 3 amide bonds. The number of piperazine rings is 1. The highest BCUT2D eigenvalue weighted by Crippen LogP contribution is 2.25. The van der Waals surface area contributed by atoms with E-state index in [2.05, 4.69) is 10.3 Å². The Morgan fingerprint density at radius 1 is 1.14 bits per heavy atom. The standard InChI is InChI=1S/C20H22N4O4/c1-14-3-4-18(28-2)16(11-14)22-19(26)15-5-6-21-17(12-15)20(27)24-9-7-23(13-25)8-10-24/h3-6,11-13H,7-10H2,1-2H3,(H,22,26). The van der Waals surface area contributed by atoms with Gasteiger partial charge in [-0.1, -0.05) is 6.07 Å². The predicted molar refractivity (Wildman–Crippen MR) is 103 cm³/mol. The SMILES string of the molecule is COc1ccc(C)cc1NC(=O)c1ccnc(C(=O)N2CCN(C=O)CC2)c1. The molecule has 2 aromatic rings. The van der Waals surface area contributed by atoms with Gasteiger partial charge in [0.15, 0.2) is 0 Å². The van der Waals surface area contributed by atoms with Crippen molar-refractivity contribution < 1.29 is 19.1 Å². The number of aromatic nitrogens is 1. The summed E-state index contributed by atoms with van der Waals surface area (Å²) < 4.78 is 5.28. The summed E-state index contributed by atoms with van der Waals surface area (Å²) in [5.74, 6) is -0.0585. The van der Waals surface area contributed by atoms with Gasteiger partial charge in [0.25, 0.3) is 11.8 Å². The van der Waals surface area contributed by atoms with Gasteiger partial charge in [-0.15, -0.1) is 0 Å². The minimum absolute atomic E-state index is 0.198. The fourth-order valence-corrected chi connectivity index (χ4v) is 3.00. The lowest BCUT2D eigenvalue weighted by Crippen LogP contribution is -2.48. The maximum absolute atomic E-state index is 12.7. The molecule has 1 aliphatic heterocycles. The Morgan fingerprint density at radius 3 is 2.57 bits per heavy atom. The van der Waals surface area contributed by atoms with Crippen LogP contribution in [0.15, 0.2) is 36.5 Å². The van der Waals surface area contributed by atoms with Crippen molar-refractivity contribution in [3.63, 3.8) is 0 Å². The van der Waals surface area contributed by atoms with Crippen LogP contribution in [0.5, 0.6) is 5.75 Å². The molecule has 0 bridgehead atoms. The van der Waals surface area contributed by atoms with Crippen LogP contribution in [0.3, 0.4) is 0 Å². The first kappa shape index (κ1) is 19.3. The van der Waals surface area contributed by atoms with Crippen LogP contribution < -0.4 is 10.1 Å². The summed E-state index contributed by atoms with van der Waals surface area (Å²) in [6.45, 7) is 3.78. The molecule has 8 nitrogen and oxygen atoms in total. The van der Waals surface area contributed by atoms with Gasteiger partial charge in [-0.05, 0) is 36.8 Å². The van der Waals surface area contributed by atoms with E-state index in [9.17, 15) is 14.4 Å². The number of pyridine rings is 1. The summed E-state index contributed by atoms with van der Waals surface area (Å²) in [5, 5.41) is 2.82. The van der Waals surface area contributed by atoms with Crippen molar-refractivity contribution in [1.29, 1.82) is 0 Å². The quantitative estimate of drug-likeness (QED) is 0.793. The van der Waals surface area contributed by atoms with Crippen LogP contribution in [0.1, 0.15) is 26.4 Å².